The second-order valence-corrected chi connectivity index (χ2v) is 13.7. The summed E-state index contributed by atoms with van der Waals surface area (Å²) in [5.74, 6) is -0.326. The molecule has 25 heavy (non-hydrogen) atoms. The first-order valence-corrected chi connectivity index (χ1v) is 12.6. The van der Waals surface area contributed by atoms with Crippen LogP contribution in [0.5, 0.6) is 0 Å². The quantitative estimate of drug-likeness (QED) is 0.103. The minimum Gasteiger partial charge on any atom is -0.463 e. The molecule has 0 heterocycles. The van der Waals surface area contributed by atoms with Gasteiger partial charge in [-0.3, -0.25) is 0 Å². The number of alkyl halides is 3. The summed E-state index contributed by atoms with van der Waals surface area (Å²) < 4.78 is 4.22. The van der Waals surface area contributed by atoms with Crippen LogP contribution in [0.15, 0.2) is 0 Å². The summed E-state index contributed by atoms with van der Waals surface area (Å²) in [7, 11) is 0. The van der Waals surface area contributed by atoms with Crippen molar-refractivity contribution in [3.63, 3.8) is 0 Å². The number of carbonyl (C=O) groups excluding carboxylic acids is 1. The standard InChI is InChI=1S/C20H37Br3O2/c1-2-3-4-5-6-7-8-9-10-11-12-13-14-15-16-17-18-25-19(24)20(21,22)23/h2-18H2,1H3. The second kappa shape index (κ2) is 18.3. The number of unbranched alkanes of at least 4 members (excludes halogenated alkanes) is 15. The Kier molecular flexibility index (Phi) is 18.9. The summed E-state index contributed by atoms with van der Waals surface area (Å²) in [6.45, 7) is 2.78. The highest BCUT2D eigenvalue weighted by Crippen LogP contribution is 2.34. The van der Waals surface area contributed by atoms with Crippen LogP contribution >= 0.6 is 47.8 Å². The van der Waals surface area contributed by atoms with Crippen LogP contribution in [0, 0.1) is 0 Å². The fraction of sp³-hybridized carbons (Fsp3) is 0.950. The summed E-state index contributed by atoms with van der Waals surface area (Å²) in [6, 6.07) is 0. The Morgan fingerprint density at radius 3 is 1.28 bits per heavy atom. The molecular formula is C20H37Br3O2. The Bertz CT molecular complexity index is 304. The summed E-state index contributed by atoms with van der Waals surface area (Å²) in [6.07, 6.45) is 21.6. The third kappa shape index (κ3) is 19.5. The van der Waals surface area contributed by atoms with Gasteiger partial charge in [0.2, 0.25) is 2.14 Å². The van der Waals surface area contributed by atoms with Crippen LogP contribution in [0.4, 0.5) is 0 Å². The fourth-order valence-electron chi connectivity index (χ4n) is 2.90. The first kappa shape index (κ1) is 25.9. The van der Waals surface area contributed by atoms with E-state index >= 15 is 0 Å². The Hall–Kier alpha value is 0.910. The van der Waals surface area contributed by atoms with Crippen molar-refractivity contribution < 1.29 is 9.53 Å². The van der Waals surface area contributed by atoms with E-state index in [-0.39, 0.29) is 5.97 Å². The molecule has 0 aliphatic carbocycles. The van der Waals surface area contributed by atoms with Crippen LogP contribution in [0.2, 0.25) is 0 Å². The molecular weight excluding hydrogens is 512 g/mol. The highest BCUT2D eigenvalue weighted by molar-refractivity contribution is 9.40. The van der Waals surface area contributed by atoms with Crippen molar-refractivity contribution in [2.75, 3.05) is 6.61 Å². The molecule has 0 atom stereocenters. The first-order chi connectivity index (χ1) is 12.0. The molecule has 0 aromatic carbocycles. The van der Waals surface area contributed by atoms with Gasteiger partial charge < -0.3 is 4.74 Å². The van der Waals surface area contributed by atoms with E-state index in [4.69, 9.17) is 4.74 Å². The molecule has 0 N–H and O–H groups in total. The molecule has 0 radical (unpaired) electrons. The average Bonchev–Trinajstić information content (AvgIpc) is 2.56. The van der Waals surface area contributed by atoms with E-state index in [0.29, 0.717) is 6.61 Å². The molecule has 0 aliphatic rings. The van der Waals surface area contributed by atoms with E-state index in [0.717, 1.165) is 12.8 Å². The van der Waals surface area contributed by atoms with Crippen molar-refractivity contribution in [2.24, 2.45) is 0 Å². The Balaban J connectivity index is 3.11. The summed E-state index contributed by atoms with van der Waals surface area (Å²) in [5, 5.41) is 0. The molecule has 0 aromatic rings. The van der Waals surface area contributed by atoms with E-state index in [1.165, 1.54) is 89.9 Å². The van der Waals surface area contributed by atoms with E-state index < -0.39 is 2.14 Å². The van der Waals surface area contributed by atoms with Crippen molar-refractivity contribution in [3.8, 4) is 0 Å². The number of esters is 1. The van der Waals surface area contributed by atoms with Gasteiger partial charge in [0.25, 0.3) is 0 Å². The lowest BCUT2D eigenvalue weighted by Gasteiger charge is -2.11. The van der Waals surface area contributed by atoms with Gasteiger partial charge in [0.05, 0.1) is 6.61 Å². The fourth-order valence-corrected chi connectivity index (χ4v) is 3.24. The third-order valence-corrected chi connectivity index (χ3v) is 5.43. The maximum absolute atomic E-state index is 11.5. The van der Waals surface area contributed by atoms with Crippen LogP contribution in [0.3, 0.4) is 0 Å². The van der Waals surface area contributed by atoms with Gasteiger partial charge in [-0.05, 0) is 54.2 Å². The van der Waals surface area contributed by atoms with Gasteiger partial charge in [0.15, 0.2) is 0 Å². The molecule has 0 amide bonds. The van der Waals surface area contributed by atoms with Crippen LogP contribution in [0.25, 0.3) is 0 Å². The molecule has 0 aromatic heterocycles. The maximum Gasteiger partial charge on any atom is 0.344 e. The zero-order valence-electron chi connectivity index (χ0n) is 16.0. The van der Waals surface area contributed by atoms with Gasteiger partial charge in [-0.1, -0.05) is 103 Å². The average molecular weight is 549 g/mol. The van der Waals surface area contributed by atoms with Gasteiger partial charge in [0, 0.05) is 0 Å². The lowest BCUT2D eigenvalue weighted by Crippen LogP contribution is -2.20. The van der Waals surface area contributed by atoms with Crippen LogP contribution < -0.4 is 0 Å². The van der Waals surface area contributed by atoms with Crippen molar-refractivity contribution in [2.45, 2.75) is 112 Å². The largest absolute Gasteiger partial charge is 0.463 e. The van der Waals surface area contributed by atoms with Gasteiger partial charge in [0.1, 0.15) is 0 Å². The number of carbonyl (C=O) groups is 1. The van der Waals surface area contributed by atoms with Crippen molar-refractivity contribution >= 4 is 53.8 Å². The minimum atomic E-state index is -0.929. The summed E-state index contributed by atoms with van der Waals surface area (Å²) in [5.41, 5.74) is 0. The SMILES string of the molecule is CCCCCCCCCCCCCCCCCCOC(=O)C(Br)(Br)Br. The zero-order chi connectivity index (χ0) is 18.8. The van der Waals surface area contributed by atoms with Crippen molar-refractivity contribution in [3.05, 3.63) is 0 Å². The van der Waals surface area contributed by atoms with Crippen LogP contribution in [-0.2, 0) is 9.53 Å². The number of ether oxygens (including phenoxy) is 1. The minimum absolute atomic E-state index is 0.326. The molecule has 0 unspecified atom stereocenters. The normalized spacial score (nSPS) is 11.7. The molecule has 0 saturated heterocycles. The van der Waals surface area contributed by atoms with E-state index in [1.54, 1.807) is 0 Å². The first-order valence-electron chi connectivity index (χ1n) is 10.2. The number of hydrogen-bond donors (Lipinski definition) is 0. The molecule has 2 nitrogen and oxygen atoms in total. The van der Waals surface area contributed by atoms with E-state index in [1.807, 2.05) is 0 Å². The highest BCUT2D eigenvalue weighted by Gasteiger charge is 2.30. The predicted octanol–water partition coefficient (Wildman–Crippen LogP) is 8.63. The number of rotatable bonds is 17. The van der Waals surface area contributed by atoms with E-state index in [9.17, 15) is 4.79 Å². The van der Waals surface area contributed by atoms with Crippen LogP contribution in [0.1, 0.15) is 110 Å². The third-order valence-electron chi connectivity index (χ3n) is 4.46. The zero-order valence-corrected chi connectivity index (χ0v) is 20.7. The van der Waals surface area contributed by atoms with Gasteiger partial charge in [-0.25, -0.2) is 4.79 Å². The molecule has 0 spiro atoms. The molecule has 5 heteroatoms. The molecule has 0 fully saturated rings. The van der Waals surface area contributed by atoms with E-state index in [2.05, 4.69) is 54.7 Å². The second-order valence-electron chi connectivity index (χ2n) is 6.94. The van der Waals surface area contributed by atoms with Gasteiger partial charge >= 0.3 is 5.97 Å². The van der Waals surface area contributed by atoms with Crippen molar-refractivity contribution in [1.29, 1.82) is 0 Å². The molecule has 0 saturated carbocycles. The lowest BCUT2D eigenvalue weighted by molar-refractivity contribution is -0.141. The Morgan fingerprint density at radius 1 is 0.640 bits per heavy atom. The summed E-state index contributed by atoms with van der Waals surface area (Å²) >= 11 is 9.46. The van der Waals surface area contributed by atoms with Crippen molar-refractivity contribution in [1.82, 2.24) is 0 Å². The number of halogens is 3. The predicted molar refractivity (Wildman–Crippen MR) is 120 cm³/mol. The van der Waals surface area contributed by atoms with Crippen LogP contribution in [-0.4, -0.2) is 14.7 Å². The molecule has 0 bridgehead atoms. The lowest BCUT2D eigenvalue weighted by atomic mass is 10.0. The molecule has 0 rings (SSSR count). The van der Waals surface area contributed by atoms with Gasteiger partial charge in [-0.15, -0.1) is 0 Å². The van der Waals surface area contributed by atoms with Gasteiger partial charge in [-0.2, -0.15) is 0 Å². The highest BCUT2D eigenvalue weighted by atomic mass is 80.0. The number of hydrogen-bond acceptors (Lipinski definition) is 2. The smallest absolute Gasteiger partial charge is 0.344 e. The maximum atomic E-state index is 11.5. The monoisotopic (exact) mass is 546 g/mol. The topological polar surface area (TPSA) is 26.3 Å². The molecule has 150 valence electrons. The molecule has 0 aliphatic heterocycles. The Labute approximate surface area is 181 Å². The Morgan fingerprint density at radius 2 is 0.960 bits per heavy atom. The summed E-state index contributed by atoms with van der Waals surface area (Å²) in [4.78, 5) is 11.5.